The number of carbonyl (C=O) groups excluding carboxylic acids is 1. The van der Waals surface area contributed by atoms with Gasteiger partial charge < -0.3 is 10.4 Å². The molecule has 2 aromatic carbocycles. The third kappa shape index (κ3) is 2.98. The number of rotatable bonds is 3. The number of aromatic hydroxyl groups is 1. The van der Waals surface area contributed by atoms with E-state index in [0.717, 1.165) is 16.7 Å². The topological polar surface area (TPSA) is 67.1 Å². The van der Waals surface area contributed by atoms with Crippen molar-refractivity contribution < 1.29 is 9.90 Å². The van der Waals surface area contributed by atoms with E-state index in [1.165, 1.54) is 0 Å². The van der Waals surface area contributed by atoms with Crippen LogP contribution in [-0.2, 0) is 11.3 Å². The molecule has 0 saturated carbocycles. The molecule has 1 aliphatic rings. The maximum absolute atomic E-state index is 12.2. The highest BCUT2D eigenvalue weighted by Gasteiger charge is 2.30. The van der Waals surface area contributed by atoms with Crippen LogP contribution in [0.3, 0.4) is 0 Å². The molecule has 6 heteroatoms. The largest absolute Gasteiger partial charge is 0.506 e. The van der Waals surface area contributed by atoms with Crippen molar-refractivity contribution in [1.82, 2.24) is 9.78 Å². The first-order chi connectivity index (χ1) is 12.1. The highest BCUT2D eigenvalue weighted by molar-refractivity contribution is 6.32. The number of benzene rings is 2. The van der Waals surface area contributed by atoms with Gasteiger partial charge in [0.2, 0.25) is 5.91 Å². The van der Waals surface area contributed by atoms with Crippen LogP contribution in [0.5, 0.6) is 5.75 Å². The molecule has 25 heavy (non-hydrogen) atoms. The minimum Gasteiger partial charge on any atom is -0.506 e. The molecular formula is C19H16ClN3O2. The number of amides is 1. The Morgan fingerprint density at radius 1 is 1.24 bits per heavy atom. The van der Waals surface area contributed by atoms with E-state index in [-0.39, 0.29) is 22.6 Å². The third-order valence-corrected chi connectivity index (χ3v) is 4.74. The summed E-state index contributed by atoms with van der Waals surface area (Å²) < 4.78 is 1.80. The molecule has 1 aliphatic heterocycles. The maximum Gasteiger partial charge on any atom is 0.226 e. The number of carbonyl (C=O) groups is 1. The number of hydrogen-bond donors (Lipinski definition) is 2. The molecule has 5 nitrogen and oxygen atoms in total. The quantitative estimate of drug-likeness (QED) is 0.753. The van der Waals surface area contributed by atoms with Gasteiger partial charge in [-0.2, -0.15) is 5.10 Å². The summed E-state index contributed by atoms with van der Waals surface area (Å²) in [5, 5.41) is 17.3. The molecule has 0 saturated heterocycles. The first kappa shape index (κ1) is 15.7. The summed E-state index contributed by atoms with van der Waals surface area (Å²) in [6.07, 6.45) is 2.12. The highest BCUT2D eigenvalue weighted by Crippen LogP contribution is 2.39. The number of anilines is 1. The maximum atomic E-state index is 12.2. The normalized spacial score (nSPS) is 16.4. The van der Waals surface area contributed by atoms with Crippen LogP contribution in [0.15, 0.2) is 54.7 Å². The summed E-state index contributed by atoms with van der Waals surface area (Å²) in [7, 11) is 0. The Bertz CT molecular complexity index is 937. The molecule has 0 bridgehead atoms. The Labute approximate surface area is 149 Å². The summed E-state index contributed by atoms with van der Waals surface area (Å²) in [6.45, 7) is 0.583. The van der Waals surface area contributed by atoms with Crippen molar-refractivity contribution in [2.24, 2.45) is 0 Å². The molecule has 1 atom stereocenters. The fraction of sp³-hybridized carbons (Fsp3) is 0.158. The van der Waals surface area contributed by atoms with E-state index >= 15 is 0 Å². The molecule has 2 heterocycles. The van der Waals surface area contributed by atoms with Gasteiger partial charge in [-0.25, -0.2) is 4.68 Å². The van der Waals surface area contributed by atoms with Crippen LogP contribution in [0.1, 0.15) is 29.0 Å². The second-order valence-corrected chi connectivity index (χ2v) is 6.51. The molecule has 1 aromatic heterocycles. The number of fused-ring (bicyclic) bond motifs is 1. The van der Waals surface area contributed by atoms with E-state index in [1.54, 1.807) is 29.1 Å². The van der Waals surface area contributed by atoms with Gasteiger partial charge in [-0.15, -0.1) is 0 Å². The van der Waals surface area contributed by atoms with Gasteiger partial charge >= 0.3 is 0 Å². The molecular weight excluding hydrogens is 338 g/mol. The van der Waals surface area contributed by atoms with E-state index in [1.807, 2.05) is 30.3 Å². The molecule has 1 amide bonds. The van der Waals surface area contributed by atoms with E-state index < -0.39 is 0 Å². The Morgan fingerprint density at radius 2 is 2.04 bits per heavy atom. The fourth-order valence-electron chi connectivity index (χ4n) is 3.18. The van der Waals surface area contributed by atoms with Crippen LogP contribution in [0, 0.1) is 0 Å². The van der Waals surface area contributed by atoms with E-state index in [4.69, 9.17) is 11.6 Å². The molecule has 0 aliphatic carbocycles. The first-order valence-corrected chi connectivity index (χ1v) is 8.37. The predicted octanol–water partition coefficient (Wildman–Crippen LogP) is 3.76. The summed E-state index contributed by atoms with van der Waals surface area (Å²) in [5.41, 5.74) is 2.95. The molecule has 126 valence electrons. The van der Waals surface area contributed by atoms with Gasteiger partial charge in [0.15, 0.2) is 0 Å². The highest BCUT2D eigenvalue weighted by atomic mass is 35.5. The van der Waals surface area contributed by atoms with Crippen LogP contribution in [0.2, 0.25) is 5.02 Å². The second kappa shape index (κ2) is 6.26. The van der Waals surface area contributed by atoms with Gasteiger partial charge in [-0.1, -0.05) is 48.0 Å². The standard InChI is InChI=1S/C19H16ClN3O2/c20-16-8-13(6-7-17(16)24)14-9-18(25)22-19-15(14)10-21-23(19)11-12-4-2-1-3-5-12/h1-8,10,14,24H,9,11H2,(H,22,25)/t14-/m0/s1. The fourth-order valence-corrected chi connectivity index (χ4v) is 3.37. The monoisotopic (exact) mass is 353 g/mol. The van der Waals surface area contributed by atoms with Gasteiger partial charge in [0.25, 0.3) is 0 Å². The minimum atomic E-state index is -0.133. The van der Waals surface area contributed by atoms with Gasteiger partial charge in [0, 0.05) is 17.9 Å². The van der Waals surface area contributed by atoms with Gasteiger partial charge in [-0.05, 0) is 23.3 Å². The average Bonchev–Trinajstić information content (AvgIpc) is 3.00. The van der Waals surface area contributed by atoms with Gasteiger partial charge in [0.05, 0.1) is 17.8 Å². The molecule has 0 unspecified atom stereocenters. The minimum absolute atomic E-state index is 0.0330. The summed E-state index contributed by atoms with van der Waals surface area (Å²) in [4.78, 5) is 12.2. The smallest absolute Gasteiger partial charge is 0.226 e. The van der Waals surface area contributed by atoms with E-state index in [2.05, 4.69) is 10.4 Å². The molecule has 3 aromatic rings. The first-order valence-electron chi connectivity index (χ1n) is 7.99. The second-order valence-electron chi connectivity index (χ2n) is 6.11. The number of aromatic nitrogens is 2. The van der Waals surface area contributed by atoms with Gasteiger partial charge in [-0.3, -0.25) is 4.79 Å². The zero-order valence-corrected chi connectivity index (χ0v) is 14.1. The van der Waals surface area contributed by atoms with Crippen molar-refractivity contribution >= 4 is 23.3 Å². The number of nitrogens with one attached hydrogen (secondary N) is 1. The van der Waals surface area contributed by atoms with Crippen LogP contribution >= 0.6 is 11.6 Å². The third-order valence-electron chi connectivity index (χ3n) is 4.44. The SMILES string of the molecule is O=C1C[C@@H](c2ccc(O)c(Cl)c2)c2cnn(Cc3ccccc3)c2N1. The van der Waals surface area contributed by atoms with Crippen molar-refractivity contribution in [2.45, 2.75) is 18.9 Å². The summed E-state index contributed by atoms with van der Waals surface area (Å²) in [6, 6.07) is 15.0. The van der Waals surface area contributed by atoms with Crippen LogP contribution in [-0.4, -0.2) is 20.8 Å². The summed E-state index contributed by atoms with van der Waals surface area (Å²) in [5.74, 6) is 0.558. The Kier molecular flexibility index (Phi) is 3.93. The van der Waals surface area contributed by atoms with E-state index in [9.17, 15) is 9.90 Å². The number of nitrogens with zero attached hydrogens (tertiary/aromatic N) is 2. The van der Waals surface area contributed by atoms with Gasteiger partial charge in [0.1, 0.15) is 11.6 Å². The molecule has 0 spiro atoms. The molecule has 0 radical (unpaired) electrons. The predicted molar refractivity (Wildman–Crippen MR) is 96.0 cm³/mol. The van der Waals surface area contributed by atoms with Crippen molar-refractivity contribution in [2.75, 3.05) is 5.32 Å². The number of halogens is 1. The van der Waals surface area contributed by atoms with Crippen molar-refractivity contribution in [3.05, 3.63) is 76.4 Å². The lowest BCUT2D eigenvalue weighted by molar-refractivity contribution is -0.116. The zero-order valence-electron chi connectivity index (χ0n) is 13.3. The molecule has 4 rings (SSSR count). The van der Waals surface area contributed by atoms with Crippen LogP contribution < -0.4 is 5.32 Å². The average molecular weight is 354 g/mol. The summed E-state index contributed by atoms with van der Waals surface area (Å²) >= 11 is 6.04. The van der Waals surface area contributed by atoms with E-state index in [0.29, 0.717) is 18.8 Å². The Hall–Kier alpha value is -2.79. The van der Waals surface area contributed by atoms with Crippen LogP contribution in [0.4, 0.5) is 5.82 Å². The Morgan fingerprint density at radius 3 is 2.80 bits per heavy atom. The lowest BCUT2D eigenvalue weighted by atomic mass is 9.87. The molecule has 0 fully saturated rings. The molecule has 2 N–H and O–H groups in total. The Balaban J connectivity index is 1.72. The lowest BCUT2D eigenvalue weighted by Crippen LogP contribution is -2.25. The number of hydrogen-bond acceptors (Lipinski definition) is 3. The van der Waals surface area contributed by atoms with Crippen LogP contribution in [0.25, 0.3) is 0 Å². The van der Waals surface area contributed by atoms with Crippen molar-refractivity contribution in [3.8, 4) is 5.75 Å². The zero-order chi connectivity index (χ0) is 17.4. The van der Waals surface area contributed by atoms with Crippen molar-refractivity contribution in [1.29, 1.82) is 0 Å². The lowest BCUT2D eigenvalue weighted by Gasteiger charge is -2.24. The number of phenolic OH excluding ortho intramolecular Hbond substituents is 1. The number of phenols is 1. The van der Waals surface area contributed by atoms with Crippen molar-refractivity contribution in [3.63, 3.8) is 0 Å².